The van der Waals surface area contributed by atoms with Gasteiger partial charge in [-0.15, -0.1) is 0 Å². The van der Waals surface area contributed by atoms with Crippen LogP contribution in [-0.2, 0) is 6.54 Å². The molecule has 0 fully saturated rings. The fraction of sp³-hybridized carbons (Fsp3) is 0.706. The van der Waals surface area contributed by atoms with Gasteiger partial charge in [-0.3, -0.25) is 0 Å². The fourth-order valence-corrected chi connectivity index (χ4v) is 2.53. The molecule has 0 aliphatic heterocycles. The van der Waals surface area contributed by atoms with Gasteiger partial charge in [0, 0.05) is 19.5 Å². The number of aryl methyl sites for hydroxylation is 1. The number of nitrogens with one attached hydrogen (secondary N) is 2. The van der Waals surface area contributed by atoms with Gasteiger partial charge >= 0.3 is 5.95 Å². The van der Waals surface area contributed by atoms with Crippen LogP contribution >= 0.6 is 0 Å². The van der Waals surface area contributed by atoms with E-state index in [-0.39, 0.29) is 32.0 Å². The van der Waals surface area contributed by atoms with Gasteiger partial charge in [0.1, 0.15) is 12.4 Å². The van der Waals surface area contributed by atoms with Crippen LogP contribution < -0.4 is 10.6 Å². The summed E-state index contributed by atoms with van der Waals surface area (Å²) in [5.74, 6) is -0.279. The van der Waals surface area contributed by atoms with Crippen molar-refractivity contribution < 1.29 is 20.4 Å². The Kier molecular flexibility index (Phi) is 8.67. The zero-order valence-electron chi connectivity index (χ0n) is 17.5. The number of nitro groups is 1. The highest BCUT2D eigenvalue weighted by Crippen LogP contribution is 2.14. The van der Waals surface area contributed by atoms with E-state index in [0.29, 0.717) is 11.4 Å². The first-order chi connectivity index (χ1) is 13.4. The summed E-state index contributed by atoms with van der Waals surface area (Å²) >= 11 is 0. The first kappa shape index (κ1) is 24.5. The average molecular weight is 413 g/mol. The number of hydrogen-bond donors (Lipinski definition) is 5. The van der Waals surface area contributed by atoms with Gasteiger partial charge in [-0.2, -0.15) is 0 Å². The number of oxime groups is 2. The van der Waals surface area contributed by atoms with Gasteiger partial charge in [-0.1, -0.05) is 15.3 Å². The first-order valence-electron chi connectivity index (χ1n) is 9.18. The molecule has 164 valence electrons. The molecule has 0 aromatic carbocycles. The van der Waals surface area contributed by atoms with Crippen molar-refractivity contribution in [3.63, 3.8) is 0 Å². The number of hydrogen-bond acceptors (Lipinski definition) is 10. The molecule has 1 heterocycles. The summed E-state index contributed by atoms with van der Waals surface area (Å²) in [6, 6.07) is 0. The molecule has 0 amide bonds. The second-order valence-electron chi connectivity index (χ2n) is 7.83. The van der Waals surface area contributed by atoms with Gasteiger partial charge in [0.05, 0.1) is 35.1 Å². The van der Waals surface area contributed by atoms with Crippen LogP contribution in [0.1, 0.15) is 41.0 Å². The Morgan fingerprint density at radius 3 is 2.34 bits per heavy atom. The minimum Gasteiger partial charge on any atom is -0.411 e. The Balaban J connectivity index is 2.60. The number of aliphatic hydroxyl groups is 1. The van der Waals surface area contributed by atoms with Crippen LogP contribution in [0.15, 0.2) is 22.7 Å². The molecule has 29 heavy (non-hydrogen) atoms. The maximum absolute atomic E-state index is 10.9. The lowest BCUT2D eigenvalue weighted by Gasteiger charge is -2.30. The van der Waals surface area contributed by atoms with Crippen LogP contribution in [0, 0.1) is 10.1 Å². The van der Waals surface area contributed by atoms with E-state index in [0.717, 1.165) is 0 Å². The summed E-state index contributed by atoms with van der Waals surface area (Å²) in [5, 5.41) is 52.3. The van der Waals surface area contributed by atoms with E-state index in [1.807, 2.05) is 13.8 Å². The van der Waals surface area contributed by atoms with E-state index in [1.54, 1.807) is 20.8 Å². The Labute approximate surface area is 169 Å². The lowest BCUT2D eigenvalue weighted by atomic mass is 9.95. The van der Waals surface area contributed by atoms with Crippen LogP contribution in [-0.4, -0.2) is 71.7 Å². The molecule has 0 spiro atoms. The second-order valence-corrected chi connectivity index (χ2v) is 7.83. The quantitative estimate of drug-likeness (QED) is 0.146. The number of β-amino-alcohol motifs (C(OH)–C–C–N with tert-alkyl or cyclic N) is 1. The molecule has 0 bridgehead atoms. The maximum atomic E-state index is 10.9. The predicted octanol–water partition coefficient (Wildman–Crippen LogP) is 0.959. The van der Waals surface area contributed by atoms with Gasteiger partial charge in [0.25, 0.3) is 0 Å². The zero-order valence-corrected chi connectivity index (χ0v) is 17.5. The molecular formula is C17H31N7O5. The van der Waals surface area contributed by atoms with Crippen molar-refractivity contribution in [2.75, 3.05) is 13.1 Å². The van der Waals surface area contributed by atoms with Gasteiger partial charge < -0.3 is 36.3 Å². The van der Waals surface area contributed by atoms with E-state index >= 15 is 0 Å². The molecule has 12 nitrogen and oxygen atoms in total. The lowest BCUT2D eigenvalue weighted by Crippen LogP contribution is -2.53. The van der Waals surface area contributed by atoms with E-state index in [2.05, 4.69) is 25.9 Å². The molecule has 1 atom stereocenters. The molecule has 0 aliphatic carbocycles. The fourth-order valence-electron chi connectivity index (χ4n) is 2.53. The highest BCUT2D eigenvalue weighted by Gasteiger charge is 2.28. The van der Waals surface area contributed by atoms with Crippen molar-refractivity contribution in [3.05, 3.63) is 22.5 Å². The number of aliphatic hydroxyl groups excluding tert-OH is 1. The van der Waals surface area contributed by atoms with Crippen LogP contribution in [0.25, 0.3) is 0 Å². The minimum absolute atomic E-state index is 0.204. The first-order valence-corrected chi connectivity index (χ1v) is 9.18. The molecule has 0 radical (unpaired) electrons. The smallest absolute Gasteiger partial charge is 0.411 e. The van der Waals surface area contributed by atoms with Crippen LogP contribution in [0.4, 0.5) is 5.95 Å². The van der Waals surface area contributed by atoms with Crippen molar-refractivity contribution in [1.82, 2.24) is 20.2 Å². The molecular weight excluding hydrogens is 382 g/mol. The van der Waals surface area contributed by atoms with E-state index in [9.17, 15) is 20.4 Å². The SMILES string of the molecule is C/C(=N\O)C(C)(C)NCC(O)CNC(C)(C)/C(CCn1ccnc1[N+](=O)[O-])=N/O. The Morgan fingerprint density at radius 1 is 1.24 bits per heavy atom. The molecule has 5 N–H and O–H groups in total. The van der Waals surface area contributed by atoms with Crippen LogP contribution in [0.3, 0.4) is 0 Å². The molecule has 0 aliphatic rings. The van der Waals surface area contributed by atoms with Gasteiger partial charge in [-0.25, -0.2) is 4.57 Å². The van der Waals surface area contributed by atoms with Gasteiger partial charge in [-0.05, 0) is 39.5 Å². The molecule has 0 saturated carbocycles. The number of imidazole rings is 1. The van der Waals surface area contributed by atoms with E-state index < -0.39 is 22.1 Å². The topological polar surface area (TPSA) is 170 Å². The summed E-state index contributed by atoms with van der Waals surface area (Å²) in [4.78, 5) is 14.0. The average Bonchev–Trinajstić information content (AvgIpc) is 3.13. The van der Waals surface area contributed by atoms with Crippen molar-refractivity contribution in [1.29, 1.82) is 0 Å². The van der Waals surface area contributed by atoms with Gasteiger partial charge in [0.15, 0.2) is 0 Å². The summed E-state index contributed by atoms with van der Waals surface area (Å²) in [7, 11) is 0. The monoisotopic (exact) mass is 413 g/mol. The number of nitrogens with zero attached hydrogens (tertiary/aromatic N) is 5. The molecule has 12 heteroatoms. The molecule has 1 aromatic heterocycles. The second kappa shape index (κ2) is 10.3. The Hall–Kier alpha value is -2.57. The zero-order chi connectivity index (χ0) is 22.2. The van der Waals surface area contributed by atoms with Crippen molar-refractivity contribution in [3.8, 4) is 0 Å². The normalized spacial score (nSPS) is 14.8. The third kappa shape index (κ3) is 7.07. The minimum atomic E-state index is -0.761. The largest absolute Gasteiger partial charge is 0.434 e. The summed E-state index contributed by atoms with van der Waals surface area (Å²) in [6.07, 6.45) is 2.32. The van der Waals surface area contributed by atoms with Crippen molar-refractivity contribution in [2.24, 2.45) is 10.3 Å². The standard InChI is InChI=1S/C17H31N7O5/c1-12(21-26)16(2,3)19-10-13(25)11-20-17(4,5)14(22-27)6-8-23-9-7-18-15(23)24(28)29/h7,9,13,19-20,25-27H,6,8,10-11H2,1-5H3/b21-12+,22-14+. The molecule has 0 saturated heterocycles. The van der Waals surface area contributed by atoms with Crippen LogP contribution in [0.5, 0.6) is 0 Å². The molecule has 1 aromatic rings. The Morgan fingerprint density at radius 2 is 1.83 bits per heavy atom. The summed E-state index contributed by atoms with van der Waals surface area (Å²) in [6.45, 7) is 9.59. The third-order valence-electron chi connectivity index (χ3n) is 4.90. The summed E-state index contributed by atoms with van der Waals surface area (Å²) < 4.78 is 1.37. The Bertz CT molecular complexity index is 742. The van der Waals surface area contributed by atoms with E-state index in [1.165, 1.54) is 17.0 Å². The maximum Gasteiger partial charge on any atom is 0.434 e. The molecule has 1 rings (SSSR count). The van der Waals surface area contributed by atoms with E-state index in [4.69, 9.17) is 5.21 Å². The van der Waals surface area contributed by atoms with Gasteiger partial charge in [0.2, 0.25) is 0 Å². The third-order valence-corrected chi connectivity index (χ3v) is 4.90. The number of rotatable bonds is 12. The van der Waals surface area contributed by atoms with Crippen LogP contribution in [0.2, 0.25) is 0 Å². The number of aromatic nitrogens is 2. The highest BCUT2D eigenvalue weighted by molar-refractivity contribution is 5.92. The molecule has 1 unspecified atom stereocenters. The van der Waals surface area contributed by atoms with Crippen molar-refractivity contribution in [2.45, 2.75) is 64.8 Å². The predicted molar refractivity (Wildman–Crippen MR) is 108 cm³/mol. The summed E-state index contributed by atoms with van der Waals surface area (Å²) in [5.41, 5.74) is -0.475. The highest BCUT2D eigenvalue weighted by atomic mass is 16.6. The van der Waals surface area contributed by atoms with Crippen molar-refractivity contribution >= 4 is 17.4 Å². The lowest BCUT2D eigenvalue weighted by molar-refractivity contribution is -0.396.